The fourth-order valence-electron chi connectivity index (χ4n) is 5.68. The van der Waals surface area contributed by atoms with E-state index in [4.69, 9.17) is 9.73 Å². The highest BCUT2D eigenvalue weighted by Crippen LogP contribution is 2.29. The minimum atomic E-state index is -3.53. The van der Waals surface area contributed by atoms with E-state index in [2.05, 4.69) is 34.2 Å². The number of thiazole rings is 1. The molecule has 0 N–H and O–H groups in total. The summed E-state index contributed by atoms with van der Waals surface area (Å²) in [5, 5.41) is 2.11. The Bertz CT molecular complexity index is 1570. The SMILES string of the molecule is O=S(=O)(c1ccc(-c2csc(=Nc3ccccc3)n2C[C@H]2CCCO2)cc1)N1CCC(Cc2ccccc2)CC1. The van der Waals surface area contributed by atoms with E-state index in [0.717, 1.165) is 67.0 Å². The summed E-state index contributed by atoms with van der Waals surface area (Å²) in [6, 6.07) is 27.8. The largest absolute Gasteiger partial charge is 0.376 e. The molecule has 208 valence electrons. The van der Waals surface area contributed by atoms with Crippen molar-refractivity contribution in [3.05, 3.63) is 101 Å². The third kappa shape index (κ3) is 6.15. The van der Waals surface area contributed by atoms with E-state index in [9.17, 15) is 8.42 Å². The van der Waals surface area contributed by atoms with Crippen molar-refractivity contribution in [2.45, 2.75) is 49.6 Å². The van der Waals surface area contributed by atoms with Crippen LogP contribution < -0.4 is 4.80 Å². The van der Waals surface area contributed by atoms with Crippen molar-refractivity contribution < 1.29 is 13.2 Å². The van der Waals surface area contributed by atoms with E-state index >= 15 is 0 Å². The number of benzene rings is 3. The number of hydrogen-bond donors (Lipinski definition) is 0. The number of hydrogen-bond acceptors (Lipinski definition) is 5. The quantitative estimate of drug-likeness (QED) is 0.250. The molecule has 0 radical (unpaired) electrons. The molecule has 2 fully saturated rings. The summed E-state index contributed by atoms with van der Waals surface area (Å²) in [5.74, 6) is 0.518. The van der Waals surface area contributed by atoms with Gasteiger partial charge in [-0.2, -0.15) is 4.31 Å². The molecule has 2 saturated heterocycles. The van der Waals surface area contributed by atoms with Gasteiger partial charge in [0.25, 0.3) is 0 Å². The highest BCUT2D eigenvalue weighted by Gasteiger charge is 2.29. The van der Waals surface area contributed by atoms with E-state index in [-0.39, 0.29) is 6.10 Å². The van der Waals surface area contributed by atoms with Crippen LogP contribution in [-0.2, 0) is 27.7 Å². The highest BCUT2D eigenvalue weighted by atomic mass is 32.2. The van der Waals surface area contributed by atoms with Crippen LogP contribution in [0.1, 0.15) is 31.2 Å². The first-order chi connectivity index (χ1) is 19.6. The van der Waals surface area contributed by atoms with E-state index in [0.29, 0.717) is 23.9 Å². The number of para-hydroxylation sites is 1. The van der Waals surface area contributed by atoms with Crippen LogP contribution in [0.2, 0.25) is 0 Å². The summed E-state index contributed by atoms with van der Waals surface area (Å²) in [7, 11) is -3.53. The smallest absolute Gasteiger partial charge is 0.243 e. The number of sulfonamides is 1. The van der Waals surface area contributed by atoms with Crippen LogP contribution in [-0.4, -0.2) is 43.1 Å². The molecule has 6 rings (SSSR count). The summed E-state index contributed by atoms with van der Waals surface area (Å²) in [5.41, 5.74) is 4.24. The normalized spacial score (nSPS) is 19.3. The number of ether oxygens (including phenoxy) is 1. The molecule has 40 heavy (non-hydrogen) atoms. The van der Waals surface area contributed by atoms with E-state index in [1.54, 1.807) is 27.8 Å². The zero-order valence-electron chi connectivity index (χ0n) is 22.6. The lowest BCUT2D eigenvalue weighted by molar-refractivity contribution is 0.0968. The van der Waals surface area contributed by atoms with Gasteiger partial charge in [0, 0.05) is 25.1 Å². The summed E-state index contributed by atoms with van der Waals surface area (Å²) < 4.78 is 36.8. The molecule has 3 heterocycles. The van der Waals surface area contributed by atoms with Crippen LogP contribution in [0.3, 0.4) is 0 Å². The Morgan fingerprint density at radius 1 is 0.875 bits per heavy atom. The van der Waals surface area contributed by atoms with Crippen molar-refractivity contribution in [2.24, 2.45) is 10.9 Å². The fraction of sp³-hybridized carbons (Fsp3) is 0.344. The second-order valence-electron chi connectivity index (χ2n) is 10.7. The van der Waals surface area contributed by atoms with Gasteiger partial charge in [0.1, 0.15) is 0 Å². The van der Waals surface area contributed by atoms with Crippen LogP contribution in [0.4, 0.5) is 5.69 Å². The third-order valence-corrected chi connectivity index (χ3v) is 10.7. The lowest BCUT2D eigenvalue weighted by atomic mass is 9.91. The first kappa shape index (κ1) is 27.1. The Morgan fingerprint density at radius 3 is 2.25 bits per heavy atom. The van der Waals surface area contributed by atoms with Crippen molar-refractivity contribution >= 4 is 27.0 Å². The van der Waals surface area contributed by atoms with Crippen molar-refractivity contribution in [1.29, 1.82) is 0 Å². The molecule has 2 aliphatic rings. The predicted molar refractivity (Wildman–Crippen MR) is 160 cm³/mol. The Hall–Kier alpha value is -3.04. The molecule has 0 unspecified atom stereocenters. The molecule has 0 saturated carbocycles. The van der Waals surface area contributed by atoms with E-state index < -0.39 is 10.0 Å². The van der Waals surface area contributed by atoms with Crippen molar-refractivity contribution in [1.82, 2.24) is 8.87 Å². The van der Waals surface area contributed by atoms with Crippen LogP contribution in [0.15, 0.2) is 100 Å². The highest BCUT2D eigenvalue weighted by molar-refractivity contribution is 7.89. The number of piperidine rings is 1. The number of rotatable bonds is 8. The minimum absolute atomic E-state index is 0.160. The van der Waals surface area contributed by atoms with Gasteiger partial charge in [-0.3, -0.25) is 0 Å². The molecule has 0 bridgehead atoms. The van der Waals surface area contributed by atoms with E-state index in [1.807, 2.05) is 48.5 Å². The molecule has 4 aromatic rings. The second-order valence-corrected chi connectivity index (χ2v) is 13.4. The van der Waals surface area contributed by atoms with Crippen molar-refractivity contribution in [2.75, 3.05) is 19.7 Å². The van der Waals surface area contributed by atoms with Gasteiger partial charge in [0.05, 0.1) is 28.9 Å². The van der Waals surface area contributed by atoms with Gasteiger partial charge in [-0.15, -0.1) is 11.3 Å². The standard InChI is InChI=1S/C32H35N3O3S2/c36-40(37,34-19-17-26(18-20-34)22-25-8-3-1-4-9-25)30-15-13-27(14-16-30)31-24-39-32(33-28-10-5-2-6-11-28)35(31)23-29-12-7-21-38-29/h1-6,8-11,13-16,24,26,29H,7,12,17-23H2/t29-/m1/s1. The van der Waals surface area contributed by atoms with Gasteiger partial charge in [-0.1, -0.05) is 60.7 Å². The molecule has 0 aliphatic carbocycles. The zero-order valence-corrected chi connectivity index (χ0v) is 24.2. The van der Waals surface area contributed by atoms with Gasteiger partial charge in [0.15, 0.2) is 4.80 Å². The van der Waals surface area contributed by atoms with E-state index in [1.165, 1.54) is 5.56 Å². The topological polar surface area (TPSA) is 63.9 Å². The average Bonchev–Trinajstić information content (AvgIpc) is 3.65. The van der Waals surface area contributed by atoms with Crippen LogP contribution in [0, 0.1) is 5.92 Å². The lowest BCUT2D eigenvalue weighted by Gasteiger charge is -2.31. The number of nitrogens with zero attached hydrogens (tertiary/aromatic N) is 3. The molecular formula is C32H35N3O3S2. The number of aromatic nitrogens is 1. The first-order valence-electron chi connectivity index (χ1n) is 14.1. The summed E-state index contributed by atoms with van der Waals surface area (Å²) in [4.78, 5) is 6.17. The van der Waals surface area contributed by atoms with Gasteiger partial charge in [0.2, 0.25) is 10.0 Å². The van der Waals surface area contributed by atoms with Gasteiger partial charge < -0.3 is 9.30 Å². The van der Waals surface area contributed by atoms with Crippen LogP contribution >= 0.6 is 11.3 Å². The second kappa shape index (κ2) is 12.2. The molecule has 3 aromatic carbocycles. The van der Waals surface area contributed by atoms with Gasteiger partial charge in [-0.25, -0.2) is 13.4 Å². The molecule has 0 amide bonds. The zero-order chi connectivity index (χ0) is 27.4. The Labute approximate surface area is 240 Å². The maximum atomic E-state index is 13.5. The molecule has 6 nitrogen and oxygen atoms in total. The maximum absolute atomic E-state index is 13.5. The Morgan fingerprint density at radius 2 is 1.57 bits per heavy atom. The summed E-state index contributed by atoms with van der Waals surface area (Å²) in [6.45, 7) is 2.66. The fourth-order valence-corrected chi connectivity index (χ4v) is 8.09. The Balaban J connectivity index is 1.20. The van der Waals surface area contributed by atoms with Crippen LogP contribution in [0.25, 0.3) is 11.3 Å². The van der Waals surface area contributed by atoms with Gasteiger partial charge >= 0.3 is 0 Å². The minimum Gasteiger partial charge on any atom is -0.376 e. The summed E-state index contributed by atoms with van der Waals surface area (Å²) >= 11 is 1.60. The summed E-state index contributed by atoms with van der Waals surface area (Å²) in [6.07, 6.45) is 5.05. The molecule has 1 atom stereocenters. The Kier molecular flexibility index (Phi) is 8.30. The maximum Gasteiger partial charge on any atom is 0.243 e. The molecule has 0 spiro atoms. The molecule has 1 aromatic heterocycles. The van der Waals surface area contributed by atoms with Crippen LogP contribution in [0.5, 0.6) is 0 Å². The molecule has 8 heteroatoms. The average molecular weight is 574 g/mol. The predicted octanol–water partition coefficient (Wildman–Crippen LogP) is 6.27. The first-order valence-corrected chi connectivity index (χ1v) is 16.4. The monoisotopic (exact) mass is 573 g/mol. The van der Waals surface area contributed by atoms with Gasteiger partial charge in [-0.05, 0) is 73.4 Å². The molecule has 2 aliphatic heterocycles. The lowest BCUT2D eigenvalue weighted by Crippen LogP contribution is -2.38. The van der Waals surface area contributed by atoms with Crippen molar-refractivity contribution in [3.8, 4) is 11.3 Å². The third-order valence-electron chi connectivity index (χ3n) is 7.92. The van der Waals surface area contributed by atoms with Crippen molar-refractivity contribution in [3.63, 3.8) is 0 Å². The molecular weight excluding hydrogens is 539 g/mol.